The SMILES string of the molecule is COc1cccc(-c2ncc(-c3nccn3[C@H]3C[C@H]4CC[C@@H]3N4)s2)c1. The Bertz CT molecular complexity index is 902. The van der Waals surface area contributed by atoms with Crippen LogP contribution in [0, 0.1) is 0 Å². The van der Waals surface area contributed by atoms with E-state index >= 15 is 0 Å². The minimum Gasteiger partial charge on any atom is -0.497 e. The molecule has 2 bridgehead atoms. The summed E-state index contributed by atoms with van der Waals surface area (Å²) >= 11 is 1.69. The van der Waals surface area contributed by atoms with Crippen LogP contribution in [0.1, 0.15) is 25.3 Å². The lowest BCUT2D eigenvalue weighted by molar-refractivity contribution is 0.400. The molecule has 6 heteroatoms. The first-order valence-electron chi connectivity index (χ1n) is 8.71. The molecule has 128 valence electrons. The van der Waals surface area contributed by atoms with Crippen LogP contribution in [0.25, 0.3) is 21.3 Å². The molecule has 0 spiro atoms. The Hall–Kier alpha value is -2.18. The van der Waals surface area contributed by atoms with E-state index in [-0.39, 0.29) is 0 Å². The summed E-state index contributed by atoms with van der Waals surface area (Å²) in [6, 6.07) is 9.82. The molecule has 2 saturated heterocycles. The van der Waals surface area contributed by atoms with Gasteiger partial charge in [-0.2, -0.15) is 0 Å². The highest BCUT2D eigenvalue weighted by atomic mass is 32.1. The molecular weight excluding hydrogens is 332 g/mol. The first-order chi connectivity index (χ1) is 12.3. The van der Waals surface area contributed by atoms with Gasteiger partial charge in [0.25, 0.3) is 0 Å². The van der Waals surface area contributed by atoms with Gasteiger partial charge in [0.15, 0.2) is 5.82 Å². The fraction of sp³-hybridized carbons (Fsp3) is 0.368. The predicted molar refractivity (Wildman–Crippen MR) is 98.9 cm³/mol. The molecule has 5 rings (SSSR count). The van der Waals surface area contributed by atoms with Crippen LogP contribution in [-0.2, 0) is 0 Å². The van der Waals surface area contributed by atoms with E-state index in [0.29, 0.717) is 18.1 Å². The molecule has 25 heavy (non-hydrogen) atoms. The van der Waals surface area contributed by atoms with Crippen molar-refractivity contribution in [3.63, 3.8) is 0 Å². The van der Waals surface area contributed by atoms with Gasteiger partial charge in [0.05, 0.1) is 18.0 Å². The largest absolute Gasteiger partial charge is 0.497 e. The second-order valence-corrected chi connectivity index (χ2v) is 7.80. The second kappa shape index (κ2) is 5.97. The number of fused-ring (bicyclic) bond motifs is 2. The molecule has 0 unspecified atom stereocenters. The Labute approximate surface area is 150 Å². The maximum Gasteiger partial charge on any atom is 0.151 e. The highest BCUT2D eigenvalue weighted by Gasteiger charge is 2.40. The van der Waals surface area contributed by atoms with Gasteiger partial charge in [0, 0.05) is 36.2 Å². The first-order valence-corrected chi connectivity index (χ1v) is 9.53. The molecule has 0 radical (unpaired) electrons. The molecule has 4 heterocycles. The smallest absolute Gasteiger partial charge is 0.151 e. The van der Waals surface area contributed by atoms with Gasteiger partial charge in [-0.05, 0) is 31.4 Å². The van der Waals surface area contributed by atoms with E-state index in [4.69, 9.17) is 4.74 Å². The molecule has 2 aliphatic rings. The number of ether oxygens (including phenoxy) is 1. The third-order valence-corrected chi connectivity index (χ3v) is 6.38. The minimum atomic E-state index is 0.513. The van der Waals surface area contributed by atoms with Crippen LogP contribution in [-0.4, -0.2) is 33.7 Å². The van der Waals surface area contributed by atoms with Crippen molar-refractivity contribution in [1.82, 2.24) is 19.9 Å². The van der Waals surface area contributed by atoms with Gasteiger partial charge >= 0.3 is 0 Å². The number of imidazole rings is 1. The van der Waals surface area contributed by atoms with Crippen molar-refractivity contribution in [2.24, 2.45) is 0 Å². The van der Waals surface area contributed by atoms with Gasteiger partial charge < -0.3 is 14.6 Å². The van der Waals surface area contributed by atoms with E-state index in [1.165, 1.54) is 19.3 Å². The zero-order valence-electron chi connectivity index (χ0n) is 14.1. The van der Waals surface area contributed by atoms with Crippen molar-refractivity contribution in [2.75, 3.05) is 7.11 Å². The number of benzene rings is 1. The Kier molecular flexibility index (Phi) is 3.60. The molecule has 2 aromatic heterocycles. The fourth-order valence-corrected chi connectivity index (χ4v) is 5.05. The maximum atomic E-state index is 5.32. The zero-order valence-corrected chi connectivity index (χ0v) is 14.9. The summed E-state index contributed by atoms with van der Waals surface area (Å²) in [7, 11) is 1.69. The van der Waals surface area contributed by atoms with Gasteiger partial charge in [-0.3, -0.25) is 0 Å². The average Bonchev–Trinajstić information content (AvgIpc) is 3.44. The molecule has 0 aliphatic carbocycles. The van der Waals surface area contributed by atoms with Crippen LogP contribution >= 0.6 is 11.3 Å². The van der Waals surface area contributed by atoms with E-state index in [2.05, 4.69) is 32.1 Å². The fourth-order valence-electron chi connectivity index (χ4n) is 4.14. The normalized spacial score (nSPS) is 24.8. The summed E-state index contributed by atoms with van der Waals surface area (Å²) in [5.74, 6) is 1.88. The van der Waals surface area contributed by atoms with Crippen molar-refractivity contribution in [2.45, 2.75) is 37.4 Å². The standard InChI is InChI=1S/C19H20N4OS/c1-24-14-4-2-3-12(9-14)19-21-11-17(25-19)18-20-7-8-23(18)16-10-13-5-6-15(16)22-13/h2-4,7-9,11,13,15-16,22H,5-6,10H2,1H3/t13-,15+,16+/m1/s1. The molecule has 3 aromatic rings. The van der Waals surface area contributed by atoms with E-state index in [0.717, 1.165) is 27.0 Å². The molecular formula is C19H20N4OS. The lowest BCUT2D eigenvalue weighted by atomic mass is 9.95. The number of nitrogens with one attached hydrogen (secondary N) is 1. The number of thiazole rings is 1. The van der Waals surface area contributed by atoms with Gasteiger partial charge in [0.1, 0.15) is 10.8 Å². The van der Waals surface area contributed by atoms with Gasteiger partial charge in [-0.15, -0.1) is 11.3 Å². The maximum absolute atomic E-state index is 5.32. The Morgan fingerprint density at radius 1 is 1.28 bits per heavy atom. The first kappa shape index (κ1) is 15.1. The van der Waals surface area contributed by atoms with Crippen molar-refractivity contribution in [3.8, 4) is 27.0 Å². The Morgan fingerprint density at radius 2 is 2.24 bits per heavy atom. The van der Waals surface area contributed by atoms with Gasteiger partial charge in [0.2, 0.25) is 0 Å². The van der Waals surface area contributed by atoms with Crippen LogP contribution < -0.4 is 10.1 Å². The van der Waals surface area contributed by atoms with E-state index < -0.39 is 0 Å². The summed E-state index contributed by atoms with van der Waals surface area (Å²) in [6.45, 7) is 0. The van der Waals surface area contributed by atoms with Crippen LogP contribution in [0.5, 0.6) is 5.75 Å². The minimum absolute atomic E-state index is 0.513. The van der Waals surface area contributed by atoms with Crippen LogP contribution in [0.15, 0.2) is 42.9 Å². The topological polar surface area (TPSA) is 52.0 Å². The molecule has 0 saturated carbocycles. The third kappa shape index (κ3) is 2.56. The summed E-state index contributed by atoms with van der Waals surface area (Å²) in [6.07, 6.45) is 9.75. The Morgan fingerprint density at radius 3 is 3.04 bits per heavy atom. The monoisotopic (exact) mass is 352 g/mol. The summed E-state index contributed by atoms with van der Waals surface area (Å²) in [4.78, 5) is 10.4. The summed E-state index contributed by atoms with van der Waals surface area (Å²) in [5, 5.41) is 4.71. The second-order valence-electron chi connectivity index (χ2n) is 6.77. The molecule has 3 atom stereocenters. The number of methoxy groups -OCH3 is 1. The average molecular weight is 352 g/mol. The summed E-state index contributed by atoms with van der Waals surface area (Å²) < 4.78 is 7.67. The lowest BCUT2D eigenvalue weighted by Crippen LogP contribution is -2.25. The number of aromatic nitrogens is 3. The van der Waals surface area contributed by atoms with E-state index in [1.807, 2.05) is 30.6 Å². The van der Waals surface area contributed by atoms with Gasteiger partial charge in [-0.25, -0.2) is 9.97 Å². The third-order valence-electron chi connectivity index (χ3n) is 5.34. The molecule has 0 amide bonds. The lowest BCUT2D eigenvalue weighted by Gasteiger charge is -2.23. The van der Waals surface area contributed by atoms with Crippen molar-refractivity contribution in [1.29, 1.82) is 0 Å². The zero-order chi connectivity index (χ0) is 16.8. The molecule has 2 aliphatic heterocycles. The van der Waals surface area contributed by atoms with Crippen LogP contribution in [0.4, 0.5) is 0 Å². The predicted octanol–water partition coefficient (Wildman–Crippen LogP) is 3.75. The number of hydrogen-bond acceptors (Lipinski definition) is 5. The van der Waals surface area contributed by atoms with Crippen molar-refractivity contribution >= 4 is 11.3 Å². The highest BCUT2D eigenvalue weighted by Crippen LogP contribution is 2.40. The number of hydrogen-bond donors (Lipinski definition) is 1. The number of nitrogens with zero attached hydrogens (tertiary/aromatic N) is 3. The van der Waals surface area contributed by atoms with Crippen molar-refractivity contribution < 1.29 is 4.74 Å². The Balaban J connectivity index is 1.47. The van der Waals surface area contributed by atoms with E-state index in [9.17, 15) is 0 Å². The van der Waals surface area contributed by atoms with Crippen LogP contribution in [0.2, 0.25) is 0 Å². The van der Waals surface area contributed by atoms with Crippen LogP contribution in [0.3, 0.4) is 0 Å². The molecule has 5 nitrogen and oxygen atoms in total. The number of rotatable bonds is 4. The van der Waals surface area contributed by atoms with Crippen molar-refractivity contribution in [3.05, 3.63) is 42.9 Å². The quantitative estimate of drug-likeness (QED) is 0.777. The van der Waals surface area contributed by atoms with Gasteiger partial charge in [-0.1, -0.05) is 12.1 Å². The summed E-state index contributed by atoms with van der Waals surface area (Å²) in [5.41, 5.74) is 1.08. The van der Waals surface area contributed by atoms with E-state index in [1.54, 1.807) is 18.4 Å². The molecule has 1 N–H and O–H groups in total. The molecule has 1 aromatic carbocycles. The highest BCUT2D eigenvalue weighted by molar-refractivity contribution is 7.18. The molecule has 2 fully saturated rings.